The maximum absolute atomic E-state index is 14.6. The Bertz CT molecular complexity index is 2690. The lowest BCUT2D eigenvalue weighted by atomic mass is 9.59. The van der Waals surface area contributed by atoms with Gasteiger partial charge in [0.25, 0.3) is 0 Å². The molecule has 1 heterocycles. The summed E-state index contributed by atoms with van der Waals surface area (Å²) in [5.74, 6) is -0.475. The highest BCUT2D eigenvalue weighted by molar-refractivity contribution is 6.31. The van der Waals surface area contributed by atoms with Crippen molar-refractivity contribution in [3.63, 3.8) is 0 Å². The van der Waals surface area contributed by atoms with Gasteiger partial charge in [0.1, 0.15) is 22.8 Å². The molecule has 0 bridgehead atoms. The number of methoxy groups -OCH3 is 2. The second kappa shape index (κ2) is 21.5. The largest absolute Gasteiger partial charge is 0.497 e. The Hall–Kier alpha value is -6.08. The lowest BCUT2D eigenvalue weighted by Crippen LogP contribution is -2.63. The van der Waals surface area contributed by atoms with Gasteiger partial charge in [-0.25, -0.2) is 4.79 Å². The molecule has 370 valence electrons. The molecule has 1 saturated carbocycles. The zero-order valence-corrected chi connectivity index (χ0v) is 41.0. The van der Waals surface area contributed by atoms with Crippen molar-refractivity contribution < 1.29 is 46.5 Å². The zero-order chi connectivity index (χ0) is 49.6. The van der Waals surface area contributed by atoms with Crippen LogP contribution in [0.1, 0.15) is 99.1 Å². The van der Waals surface area contributed by atoms with Crippen molar-refractivity contribution in [1.29, 1.82) is 0 Å². The number of hydrogen-bond acceptors (Lipinski definition) is 8. The second-order valence-electron chi connectivity index (χ2n) is 19.3. The van der Waals surface area contributed by atoms with Gasteiger partial charge in [0.2, 0.25) is 5.91 Å². The third-order valence-electron chi connectivity index (χ3n) is 14.7. The summed E-state index contributed by atoms with van der Waals surface area (Å²) < 4.78 is 67.2. The average molecular weight is 981 g/mol. The average Bonchev–Trinajstić information content (AvgIpc) is 3.64. The Morgan fingerprint density at radius 3 is 2.40 bits per heavy atom. The lowest BCUT2D eigenvalue weighted by molar-refractivity contribution is -0.174. The molecule has 3 aliphatic carbocycles. The van der Waals surface area contributed by atoms with Gasteiger partial charge in [-0.05, 0) is 164 Å². The number of halogens is 4. The fraction of sp³-hybridized carbons (Fsp3) is 0.429. The first-order valence-corrected chi connectivity index (χ1v) is 24.6. The van der Waals surface area contributed by atoms with E-state index in [0.29, 0.717) is 62.0 Å². The van der Waals surface area contributed by atoms with Crippen molar-refractivity contribution >= 4 is 35.1 Å². The summed E-state index contributed by atoms with van der Waals surface area (Å²) in [5.41, 5.74) is 4.59. The molecule has 5 aromatic rings. The number of alkyl halides is 3. The van der Waals surface area contributed by atoms with Crippen LogP contribution in [-0.2, 0) is 43.8 Å². The fourth-order valence-electron chi connectivity index (χ4n) is 11.3. The smallest absolute Gasteiger partial charge is 0.471 e. The number of hydrogen-bond donors (Lipinski definition) is 1. The zero-order valence-electron chi connectivity index (χ0n) is 40.2. The van der Waals surface area contributed by atoms with Crippen LogP contribution in [-0.4, -0.2) is 68.5 Å². The summed E-state index contributed by atoms with van der Waals surface area (Å²) in [6.45, 7) is 5.56. The summed E-state index contributed by atoms with van der Waals surface area (Å²) in [4.78, 5) is 45.8. The van der Waals surface area contributed by atoms with Gasteiger partial charge >= 0.3 is 18.1 Å². The molecule has 2 amide bonds. The van der Waals surface area contributed by atoms with Gasteiger partial charge in [-0.2, -0.15) is 13.2 Å². The summed E-state index contributed by atoms with van der Waals surface area (Å²) in [7, 11) is 2.76. The highest BCUT2D eigenvalue weighted by Gasteiger charge is 2.60. The number of nitrogens with zero attached hydrogens (tertiary/aromatic N) is 2. The number of esters is 1. The predicted molar refractivity (Wildman–Crippen MR) is 264 cm³/mol. The maximum atomic E-state index is 14.6. The number of benzene rings is 4. The molecule has 4 aromatic carbocycles. The molecule has 0 aliphatic heterocycles. The summed E-state index contributed by atoms with van der Waals surface area (Å²) >= 11 is 6.29. The van der Waals surface area contributed by atoms with Gasteiger partial charge in [-0.3, -0.25) is 19.5 Å². The van der Waals surface area contributed by atoms with Crippen LogP contribution in [0, 0.1) is 11.8 Å². The van der Waals surface area contributed by atoms with E-state index < -0.39 is 29.0 Å². The predicted octanol–water partition coefficient (Wildman–Crippen LogP) is 11.6. The van der Waals surface area contributed by atoms with Gasteiger partial charge in [0.15, 0.2) is 0 Å². The van der Waals surface area contributed by atoms with Crippen LogP contribution < -0.4 is 24.4 Å². The Morgan fingerprint density at radius 1 is 0.900 bits per heavy atom. The molecule has 1 aromatic heterocycles. The highest BCUT2D eigenvalue weighted by Crippen LogP contribution is 2.58. The van der Waals surface area contributed by atoms with E-state index in [1.165, 1.54) is 29.8 Å². The minimum Gasteiger partial charge on any atom is -0.497 e. The molecule has 0 radical (unpaired) electrons. The van der Waals surface area contributed by atoms with Gasteiger partial charge in [0.05, 0.1) is 33.9 Å². The van der Waals surface area contributed by atoms with Crippen LogP contribution in [0.5, 0.6) is 17.2 Å². The molecule has 3 aliphatic rings. The van der Waals surface area contributed by atoms with Gasteiger partial charge < -0.3 is 24.3 Å². The minimum absolute atomic E-state index is 0.0293. The first-order valence-electron chi connectivity index (χ1n) is 24.3. The number of carbonyl (C=O) groups is 3. The Balaban J connectivity index is 0.992. The van der Waals surface area contributed by atoms with Crippen LogP contribution in [0.25, 0.3) is 11.1 Å². The topological polar surface area (TPSA) is 116 Å². The number of nitrogens with one attached hydrogen (secondary N) is 1. The first kappa shape index (κ1) is 50.3. The van der Waals surface area contributed by atoms with E-state index in [1.54, 1.807) is 7.11 Å². The molecule has 14 heteroatoms. The fourth-order valence-corrected chi connectivity index (χ4v) is 11.5. The van der Waals surface area contributed by atoms with Crippen LogP contribution in [0.3, 0.4) is 0 Å². The van der Waals surface area contributed by atoms with E-state index in [4.69, 9.17) is 30.5 Å². The normalized spacial score (nSPS) is 21.0. The monoisotopic (exact) mass is 979 g/mol. The number of carbonyl (C=O) groups excluding carboxylic acids is 3. The standard InChI is InChI=1S/C56H61ClF3N3O7/c1-36(35-70-49-20-26-61-48-17-5-10-37(2)51(48)49)28-42-31-41-18-19-46(69-27-9-25-62-50(64)30-38-11-6-12-39(29-38)40-13-7-16-45(32-40)67-3)34-47(41)54(42)21-23-55(24-22-54,53(66)68-4)63(52(65)56(58,59)60)44-15-8-14-43(57)33-44/h6-8,11-16,18-20,26,29,32-34,36-37,42H,5,9-10,17,21-25,27-28,30-31,35H2,1-4H3,(H,62,64)/t36-,37-,42+,54?,55?/m1/s1. The molecular weight excluding hydrogens is 919 g/mol. The van der Waals surface area contributed by atoms with E-state index in [1.807, 2.05) is 72.9 Å². The molecule has 1 fully saturated rings. The minimum atomic E-state index is -5.29. The van der Waals surface area contributed by atoms with Crippen LogP contribution in [0.4, 0.5) is 18.9 Å². The molecule has 1 spiro atoms. The Morgan fingerprint density at radius 2 is 1.66 bits per heavy atom. The van der Waals surface area contributed by atoms with Crippen molar-refractivity contribution in [1.82, 2.24) is 10.3 Å². The van der Waals surface area contributed by atoms with Gasteiger partial charge in [-0.1, -0.05) is 74.0 Å². The van der Waals surface area contributed by atoms with Crippen molar-refractivity contribution in [2.75, 3.05) is 38.9 Å². The van der Waals surface area contributed by atoms with Crippen molar-refractivity contribution in [2.45, 2.75) is 108 Å². The third kappa shape index (κ3) is 10.8. The van der Waals surface area contributed by atoms with E-state index in [-0.39, 0.29) is 47.7 Å². The number of ether oxygens (including phenoxy) is 4. The van der Waals surface area contributed by atoms with Gasteiger partial charge in [-0.15, -0.1) is 0 Å². The molecule has 70 heavy (non-hydrogen) atoms. The van der Waals surface area contributed by atoms with E-state index in [2.05, 4.69) is 30.2 Å². The third-order valence-corrected chi connectivity index (χ3v) is 15.0. The summed E-state index contributed by atoms with van der Waals surface area (Å²) in [6.07, 6.45) is 2.25. The van der Waals surface area contributed by atoms with Gasteiger partial charge in [0, 0.05) is 34.7 Å². The van der Waals surface area contributed by atoms with E-state index in [9.17, 15) is 27.6 Å². The highest BCUT2D eigenvalue weighted by atomic mass is 35.5. The lowest BCUT2D eigenvalue weighted by Gasteiger charge is -2.51. The number of anilines is 1. The Kier molecular flexibility index (Phi) is 15.5. The first-order chi connectivity index (χ1) is 33.6. The quantitative estimate of drug-likeness (QED) is 0.0723. The number of aryl methyl sites for hydroxylation is 1. The molecule has 10 nitrogen and oxygen atoms in total. The summed E-state index contributed by atoms with van der Waals surface area (Å²) in [6, 6.07) is 29.2. The molecular formula is C56H61ClF3N3O7. The SMILES string of the molecule is COC(=O)C1(N(C(=O)C(F)(F)F)c2cccc(Cl)c2)CCC2(CC1)c1cc(OCCCNC(=O)Cc3cccc(-c4cccc(OC)c4)c3)ccc1C[C@@H]2C[C@@H](C)COc1ccnc2c1[C@H](C)CCC2. The van der Waals surface area contributed by atoms with Crippen molar-refractivity contribution in [3.8, 4) is 28.4 Å². The number of rotatable bonds is 17. The molecule has 3 atom stereocenters. The van der Waals surface area contributed by atoms with Crippen LogP contribution >= 0.6 is 11.6 Å². The number of fused-ring (bicyclic) bond motifs is 3. The Labute approximate surface area is 413 Å². The maximum Gasteiger partial charge on any atom is 0.471 e. The molecule has 0 saturated heterocycles. The van der Waals surface area contributed by atoms with E-state index >= 15 is 0 Å². The molecule has 0 unspecified atom stereocenters. The number of amides is 2. The summed E-state index contributed by atoms with van der Waals surface area (Å²) in [5, 5.41) is 3.13. The molecule has 1 N–H and O–H groups in total. The molecule has 8 rings (SSSR count). The van der Waals surface area contributed by atoms with E-state index in [0.717, 1.165) is 77.8 Å². The van der Waals surface area contributed by atoms with Crippen LogP contribution in [0.2, 0.25) is 5.02 Å². The van der Waals surface area contributed by atoms with Crippen LogP contribution in [0.15, 0.2) is 103 Å². The number of aromatic nitrogens is 1. The van der Waals surface area contributed by atoms with Crippen molar-refractivity contribution in [2.24, 2.45) is 11.8 Å². The second-order valence-corrected chi connectivity index (χ2v) is 19.7. The number of pyridine rings is 1. The van der Waals surface area contributed by atoms with Crippen molar-refractivity contribution in [3.05, 3.63) is 136 Å².